The standard InChI is InChI=1S/C28H33N3O5/c1-17(26(29)24(32)16-36-25-6-4-5-23-27(25)31-28(33)30-23)15-22(18-7-11-20(34-2)12-8-18)19-9-13-21(35-3)14-10-19/h4-14,17,22,24,26,32H,15-16,29H2,1-3H3,(H2,30,31,33). The third kappa shape index (κ3) is 5.72. The van der Waals surface area contributed by atoms with Gasteiger partial charge in [-0.15, -0.1) is 0 Å². The zero-order valence-corrected chi connectivity index (χ0v) is 20.7. The molecule has 5 N–H and O–H groups in total. The first-order chi connectivity index (χ1) is 17.4. The average molecular weight is 492 g/mol. The Kier molecular flexibility index (Phi) is 7.97. The van der Waals surface area contributed by atoms with Gasteiger partial charge in [0.25, 0.3) is 0 Å². The van der Waals surface area contributed by atoms with E-state index in [2.05, 4.69) is 34.2 Å². The predicted octanol–water partition coefficient (Wildman–Crippen LogP) is 3.80. The molecule has 1 aromatic heterocycles. The molecule has 4 aromatic rings. The van der Waals surface area contributed by atoms with Crippen LogP contribution in [0, 0.1) is 5.92 Å². The van der Waals surface area contributed by atoms with E-state index < -0.39 is 12.1 Å². The molecule has 0 fully saturated rings. The van der Waals surface area contributed by atoms with Crippen molar-refractivity contribution in [2.24, 2.45) is 11.7 Å². The van der Waals surface area contributed by atoms with Crippen LogP contribution in [0.2, 0.25) is 0 Å². The van der Waals surface area contributed by atoms with Gasteiger partial charge in [-0.2, -0.15) is 0 Å². The first-order valence-corrected chi connectivity index (χ1v) is 11.9. The van der Waals surface area contributed by atoms with Crippen LogP contribution in [0.3, 0.4) is 0 Å². The Morgan fingerprint density at radius 3 is 2.03 bits per heavy atom. The minimum absolute atomic E-state index is 0.00751. The number of hydrogen-bond donors (Lipinski definition) is 4. The Balaban J connectivity index is 1.47. The fraction of sp³-hybridized carbons (Fsp3) is 0.321. The van der Waals surface area contributed by atoms with Crippen LogP contribution in [0.25, 0.3) is 11.0 Å². The molecule has 0 aliphatic heterocycles. The Morgan fingerprint density at radius 1 is 0.889 bits per heavy atom. The number of para-hydroxylation sites is 1. The Bertz CT molecular complexity index is 1270. The number of aliphatic hydroxyl groups excluding tert-OH is 1. The van der Waals surface area contributed by atoms with Crippen molar-refractivity contribution in [1.29, 1.82) is 0 Å². The highest BCUT2D eigenvalue weighted by molar-refractivity contribution is 5.81. The largest absolute Gasteiger partial charge is 0.497 e. The van der Waals surface area contributed by atoms with Crippen LogP contribution in [0.4, 0.5) is 0 Å². The molecule has 0 radical (unpaired) electrons. The lowest BCUT2D eigenvalue weighted by atomic mass is 9.81. The first-order valence-electron chi connectivity index (χ1n) is 11.9. The molecule has 0 saturated heterocycles. The molecule has 3 atom stereocenters. The summed E-state index contributed by atoms with van der Waals surface area (Å²) < 4.78 is 16.5. The number of rotatable bonds is 11. The maximum Gasteiger partial charge on any atom is 0.323 e. The smallest absolute Gasteiger partial charge is 0.323 e. The Morgan fingerprint density at radius 2 is 1.47 bits per heavy atom. The van der Waals surface area contributed by atoms with E-state index >= 15 is 0 Å². The maximum absolute atomic E-state index is 11.6. The number of fused-ring (bicyclic) bond motifs is 1. The zero-order chi connectivity index (χ0) is 25.7. The number of aliphatic hydroxyl groups is 1. The minimum atomic E-state index is -0.895. The number of aromatic nitrogens is 2. The molecular weight excluding hydrogens is 458 g/mol. The molecule has 0 spiro atoms. The van der Waals surface area contributed by atoms with Gasteiger partial charge in [0.1, 0.15) is 35.5 Å². The van der Waals surface area contributed by atoms with Crippen LogP contribution < -0.4 is 25.6 Å². The van der Waals surface area contributed by atoms with E-state index in [-0.39, 0.29) is 24.1 Å². The van der Waals surface area contributed by atoms with Crippen molar-refractivity contribution in [1.82, 2.24) is 9.97 Å². The summed E-state index contributed by atoms with van der Waals surface area (Å²) in [6.45, 7) is 2.05. The van der Waals surface area contributed by atoms with Crippen LogP contribution in [-0.2, 0) is 0 Å². The second kappa shape index (κ2) is 11.3. The predicted molar refractivity (Wildman–Crippen MR) is 140 cm³/mol. The lowest BCUT2D eigenvalue weighted by Gasteiger charge is -2.29. The number of hydrogen-bond acceptors (Lipinski definition) is 6. The number of imidazole rings is 1. The maximum atomic E-state index is 11.6. The second-order valence-electron chi connectivity index (χ2n) is 9.03. The Labute approximate surface area is 210 Å². The van der Waals surface area contributed by atoms with E-state index in [0.717, 1.165) is 29.0 Å². The van der Waals surface area contributed by atoms with Gasteiger partial charge in [0.15, 0.2) is 0 Å². The van der Waals surface area contributed by atoms with E-state index in [1.807, 2.05) is 31.2 Å². The highest BCUT2D eigenvalue weighted by atomic mass is 16.5. The lowest BCUT2D eigenvalue weighted by molar-refractivity contribution is 0.0673. The van der Waals surface area contributed by atoms with Gasteiger partial charge in [0.2, 0.25) is 0 Å². The van der Waals surface area contributed by atoms with Crippen molar-refractivity contribution in [3.63, 3.8) is 0 Å². The molecule has 0 saturated carbocycles. The lowest BCUT2D eigenvalue weighted by Crippen LogP contribution is -2.44. The van der Waals surface area contributed by atoms with Crippen molar-refractivity contribution in [3.05, 3.63) is 88.3 Å². The summed E-state index contributed by atoms with van der Waals surface area (Å²) in [5.74, 6) is 2.11. The molecule has 8 nitrogen and oxygen atoms in total. The summed E-state index contributed by atoms with van der Waals surface area (Å²) in [6.07, 6.45) is -0.175. The van der Waals surface area contributed by atoms with Crippen LogP contribution in [-0.4, -0.2) is 48.0 Å². The van der Waals surface area contributed by atoms with Gasteiger partial charge in [-0.25, -0.2) is 4.79 Å². The fourth-order valence-electron chi connectivity index (χ4n) is 4.48. The average Bonchev–Trinajstić information content (AvgIpc) is 3.30. The molecule has 0 bridgehead atoms. The summed E-state index contributed by atoms with van der Waals surface area (Å²) in [7, 11) is 3.29. The molecule has 3 unspecified atom stereocenters. The molecule has 36 heavy (non-hydrogen) atoms. The van der Waals surface area contributed by atoms with E-state index in [9.17, 15) is 9.90 Å². The number of nitrogens with two attached hydrogens (primary N) is 1. The summed E-state index contributed by atoms with van der Waals surface area (Å²) >= 11 is 0. The van der Waals surface area contributed by atoms with Gasteiger partial charge < -0.3 is 35.0 Å². The normalized spacial score (nSPS) is 13.9. The van der Waals surface area contributed by atoms with Gasteiger partial charge in [0, 0.05) is 12.0 Å². The van der Waals surface area contributed by atoms with Crippen molar-refractivity contribution in [3.8, 4) is 17.2 Å². The fourth-order valence-corrected chi connectivity index (χ4v) is 4.48. The number of H-pyrrole nitrogens is 2. The molecule has 1 heterocycles. The number of ether oxygens (including phenoxy) is 3. The summed E-state index contributed by atoms with van der Waals surface area (Å²) in [4.78, 5) is 17.1. The topological polar surface area (TPSA) is 123 Å². The van der Waals surface area contributed by atoms with Gasteiger partial charge in [-0.1, -0.05) is 37.3 Å². The van der Waals surface area contributed by atoms with Gasteiger partial charge in [0.05, 0.1) is 19.7 Å². The molecule has 0 amide bonds. The molecule has 4 rings (SSSR count). The summed E-state index contributed by atoms with van der Waals surface area (Å²) in [6, 6.07) is 20.8. The third-order valence-electron chi connectivity index (χ3n) is 6.67. The number of methoxy groups -OCH3 is 2. The highest BCUT2D eigenvalue weighted by Gasteiger charge is 2.27. The van der Waals surface area contributed by atoms with Crippen LogP contribution >= 0.6 is 0 Å². The van der Waals surface area contributed by atoms with Crippen molar-refractivity contribution >= 4 is 11.0 Å². The molecular formula is C28H33N3O5. The Hall–Kier alpha value is -3.75. The highest BCUT2D eigenvalue weighted by Crippen LogP contribution is 2.34. The summed E-state index contributed by atoms with van der Waals surface area (Å²) in [5, 5.41) is 10.9. The van der Waals surface area contributed by atoms with Crippen LogP contribution in [0.15, 0.2) is 71.5 Å². The van der Waals surface area contributed by atoms with E-state index in [1.54, 1.807) is 32.4 Å². The third-order valence-corrected chi connectivity index (χ3v) is 6.67. The monoisotopic (exact) mass is 491 g/mol. The van der Waals surface area contributed by atoms with Crippen LogP contribution in [0.5, 0.6) is 17.2 Å². The SMILES string of the molecule is COc1ccc(C(CC(C)C(N)C(O)COc2cccc3[nH]c(=O)[nH]c23)c2ccc(OC)cc2)cc1. The molecule has 190 valence electrons. The molecule has 8 heteroatoms. The summed E-state index contributed by atoms with van der Waals surface area (Å²) in [5.41, 5.74) is 9.67. The van der Waals surface area contributed by atoms with Gasteiger partial charge >= 0.3 is 5.69 Å². The van der Waals surface area contributed by atoms with E-state index in [0.29, 0.717) is 16.8 Å². The van der Waals surface area contributed by atoms with Crippen molar-refractivity contribution < 1.29 is 19.3 Å². The molecule has 0 aliphatic rings. The zero-order valence-electron chi connectivity index (χ0n) is 20.7. The van der Waals surface area contributed by atoms with Gasteiger partial charge in [-0.3, -0.25) is 0 Å². The van der Waals surface area contributed by atoms with Crippen molar-refractivity contribution in [2.45, 2.75) is 31.4 Å². The van der Waals surface area contributed by atoms with E-state index in [1.165, 1.54) is 0 Å². The number of benzene rings is 3. The molecule has 0 aliphatic carbocycles. The van der Waals surface area contributed by atoms with E-state index in [4.69, 9.17) is 19.9 Å². The van der Waals surface area contributed by atoms with Crippen LogP contribution in [0.1, 0.15) is 30.4 Å². The van der Waals surface area contributed by atoms with Crippen molar-refractivity contribution in [2.75, 3.05) is 20.8 Å². The van der Waals surface area contributed by atoms with Gasteiger partial charge in [-0.05, 0) is 59.9 Å². The first kappa shape index (κ1) is 25.3. The minimum Gasteiger partial charge on any atom is -0.497 e. The number of nitrogens with one attached hydrogen (secondary N) is 2. The second-order valence-corrected chi connectivity index (χ2v) is 9.03. The quantitative estimate of drug-likeness (QED) is 0.253. The number of aromatic amines is 2. The molecule has 3 aromatic carbocycles.